The number of aromatic nitrogens is 1. The van der Waals surface area contributed by atoms with E-state index in [-0.39, 0.29) is 5.56 Å². The van der Waals surface area contributed by atoms with Crippen molar-refractivity contribution in [3.63, 3.8) is 0 Å². The van der Waals surface area contributed by atoms with E-state index in [9.17, 15) is 4.79 Å². The summed E-state index contributed by atoms with van der Waals surface area (Å²) in [7, 11) is 0. The Morgan fingerprint density at radius 1 is 1.36 bits per heavy atom. The predicted octanol–water partition coefficient (Wildman–Crippen LogP) is 1.22. The minimum absolute atomic E-state index is 0.213. The largest absolute Gasteiger partial charge is 0.269 e. The Bertz CT molecular complexity index is 287. The number of nitrogens with zero attached hydrogens (tertiary/aromatic N) is 1. The topological polar surface area (TPSA) is 30.0 Å². The lowest BCUT2D eigenvalue weighted by atomic mass is 10.3. The fourth-order valence-corrected chi connectivity index (χ4v) is 0.950. The standard InChI is InChI=1S/C8H8ClNO/c9-6-5-7-3-1-2-4-8(11)10-7/h1-4H,5-6H2. The fourth-order valence-electron chi connectivity index (χ4n) is 0.757. The van der Waals surface area contributed by atoms with Crippen molar-refractivity contribution in [2.24, 2.45) is 0 Å². The molecule has 0 bridgehead atoms. The van der Waals surface area contributed by atoms with Crippen LogP contribution in [0.1, 0.15) is 5.69 Å². The molecule has 0 saturated carbocycles. The van der Waals surface area contributed by atoms with Crippen LogP contribution in [0.5, 0.6) is 0 Å². The average Bonchev–Trinajstić information content (AvgIpc) is 2.15. The minimum atomic E-state index is -0.213. The van der Waals surface area contributed by atoms with Gasteiger partial charge in [0, 0.05) is 24.1 Å². The van der Waals surface area contributed by atoms with Gasteiger partial charge in [0.05, 0.1) is 0 Å². The van der Waals surface area contributed by atoms with E-state index in [1.807, 2.05) is 0 Å². The van der Waals surface area contributed by atoms with Crippen molar-refractivity contribution in [3.05, 3.63) is 40.3 Å². The molecule has 0 radical (unpaired) electrons. The summed E-state index contributed by atoms with van der Waals surface area (Å²) in [6.45, 7) is 0. The number of aryl methyl sites for hydroxylation is 1. The number of alkyl halides is 1. The fraction of sp³-hybridized carbons (Fsp3) is 0.250. The highest BCUT2D eigenvalue weighted by Crippen LogP contribution is 1.92. The van der Waals surface area contributed by atoms with Gasteiger partial charge in [-0.05, 0) is 6.07 Å². The Morgan fingerprint density at radius 3 is 2.82 bits per heavy atom. The van der Waals surface area contributed by atoms with Crippen LogP contribution >= 0.6 is 11.6 Å². The Morgan fingerprint density at radius 2 is 2.09 bits per heavy atom. The van der Waals surface area contributed by atoms with Crippen LogP contribution in [0, 0.1) is 0 Å². The van der Waals surface area contributed by atoms with Crippen molar-refractivity contribution in [1.29, 1.82) is 0 Å². The Kier molecular flexibility index (Phi) is 3.05. The molecule has 1 rings (SSSR count). The lowest BCUT2D eigenvalue weighted by Crippen LogP contribution is -2.02. The molecule has 0 fully saturated rings. The highest BCUT2D eigenvalue weighted by atomic mass is 35.5. The van der Waals surface area contributed by atoms with Crippen LogP contribution < -0.4 is 5.56 Å². The van der Waals surface area contributed by atoms with Gasteiger partial charge in [0.2, 0.25) is 0 Å². The molecule has 0 atom stereocenters. The van der Waals surface area contributed by atoms with Crippen LogP contribution in [-0.4, -0.2) is 10.9 Å². The average molecular weight is 170 g/mol. The third kappa shape index (κ3) is 2.68. The van der Waals surface area contributed by atoms with Gasteiger partial charge in [0.25, 0.3) is 5.56 Å². The molecule has 0 aliphatic rings. The van der Waals surface area contributed by atoms with Crippen molar-refractivity contribution < 1.29 is 0 Å². The maximum atomic E-state index is 10.8. The molecule has 1 aromatic rings. The second-order valence-electron chi connectivity index (χ2n) is 2.10. The van der Waals surface area contributed by atoms with E-state index in [2.05, 4.69) is 4.98 Å². The first kappa shape index (κ1) is 8.21. The summed E-state index contributed by atoms with van der Waals surface area (Å²) in [6.07, 6.45) is 0.644. The monoisotopic (exact) mass is 169 g/mol. The van der Waals surface area contributed by atoms with Gasteiger partial charge >= 0.3 is 0 Å². The van der Waals surface area contributed by atoms with Crippen molar-refractivity contribution >= 4 is 11.6 Å². The van der Waals surface area contributed by atoms with Gasteiger partial charge in [-0.15, -0.1) is 11.6 Å². The van der Waals surface area contributed by atoms with Crippen LogP contribution in [0.4, 0.5) is 0 Å². The predicted molar refractivity (Wildman–Crippen MR) is 44.9 cm³/mol. The Hall–Kier alpha value is -0.890. The summed E-state index contributed by atoms with van der Waals surface area (Å²) >= 11 is 5.49. The first-order valence-corrected chi connectivity index (χ1v) is 3.88. The maximum Gasteiger partial charge on any atom is 0.269 e. The van der Waals surface area contributed by atoms with Crippen LogP contribution in [0.15, 0.2) is 29.1 Å². The molecule has 0 N–H and O–H groups in total. The molecule has 11 heavy (non-hydrogen) atoms. The summed E-state index contributed by atoms with van der Waals surface area (Å²) in [5.41, 5.74) is 0.533. The van der Waals surface area contributed by atoms with Crippen molar-refractivity contribution in [1.82, 2.24) is 4.98 Å². The van der Waals surface area contributed by atoms with Gasteiger partial charge in [0.1, 0.15) is 0 Å². The molecule has 1 heterocycles. The highest BCUT2D eigenvalue weighted by Gasteiger charge is 1.90. The number of hydrogen-bond acceptors (Lipinski definition) is 2. The van der Waals surface area contributed by atoms with Crippen LogP contribution in [0.25, 0.3) is 0 Å². The zero-order valence-corrected chi connectivity index (χ0v) is 6.71. The van der Waals surface area contributed by atoms with Crippen molar-refractivity contribution in [2.45, 2.75) is 6.42 Å². The summed E-state index contributed by atoms with van der Waals surface area (Å²) < 4.78 is 0. The van der Waals surface area contributed by atoms with Crippen LogP contribution in [-0.2, 0) is 6.42 Å². The van der Waals surface area contributed by atoms with Gasteiger partial charge in [-0.3, -0.25) is 4.79 Å². The molecular weight excluding hydrogens is 162 g/mol. The quantitative estimate of drug-likeness (QED) is 0.624. The SMILES string of the molecule is O=c1ccccc(CCCl)n1. The summed E-state index contributed by atoms with van der Waals surface area (Å²) in [5.74, 6) is 0.496. The Balaban J connectivity index is 3.01. The van der Waals surface area contributed by atoms with Crippen molar-refractivity contribution in [2.75, 3.05) is 5.88 Å². The molecule has 1 aromatic heterocycles. The van der Waals surface area contributed by atoms with E-state index < -0.39 is 0 Å². The van der Waals surface area contributed by atoms with E-state index >= 15 is 0 Å². The van der Waals surface area contributed by atoms with E-state index in [1.165, 1.54) is 6.07 Å². The molecule has 3 heteroatoms. The normalized spacial score (nSPS) is 9.55. The zero-order chi connectivity index (χ0) is 8.10. The lowest BCUT2D eigenvalue weighted by Gasteiger charge is -1.87. The van der Waals surface area contributed by atoms with Gasteiger partial charge in [-0.2, -0.15) is 0 Å². The number of hydrogen-bond donors (Lipinski definition) is 0. The van der Waals surface area contributed by atoms with Gasteiger partial charge in [-0.25, -0.2) is 4.98 Å². The molecular formula is C8H8ClNO. The van der Waals surface area contributed by atoms with Crippen LogP contribution in [0.2, 0.25) is 0 Å². The molecule has 0 amide bonds. The molecule has 0 spiro atoms. The second-order valence-corrected chi connectivity index (χ2v) is 2.48. The van der Waals surface area contributed by atoms with E-state index in [0.717, 1.165) is 5.69 Å². The molecule has 0 aliphatic carbocycles. The van der Waals surface area contributed by atoms with Gasteiger partial charge in [0.15, 0.2) is 0 Å². The maximum absolute atomic E-state index is 10.8. The Labute approximate surface area is 69.9 Å². The van der Waals surface area contributed by atoms with Gasteiger partial charge in [-0.1, -0.05) is 12.1 Å². The molecule has 0 aromatic carbocycles. The zero-order valence-electron chi connectivity index (χ0n) is 5.96. The first-order chi connectivity index (χ1) is 5.33. The van der Waals surface area contributed by atoms with Gasteiger partial charge < -0.3 is 0 Å². The molecule has 2 nitrogen and oxygen atoms in total. The van der Waals surface area contributed by atoms with Crippen LogP contribution in [0.3, 0.4) is 0 Å². The second kappa shape index (κ2) is 4.09. The first-order valence-electron chi connectivity index (χ1n) is 3.35. The summed E-state index contributed by atoms with van der Waals surface area (Å²) in [6, 6.07) is 6.69. The lowest BCUT2D eigenvalue weighted by molar-refractivity contribution is 1.03. The number of rotatable bonds is 2. The smallest absolute Gasteiger partial charge is 0.267 e. The van der Waals surface area contributed by atoms with Crippen molar-refractivity contribution in [3.8, 4) is 0 Å². The third-order valence-electron chi connectivity index (χ3n) is 1.24. The van der Waals surface area contributed by atoms with E-state index in [4.69, 9.17) is 11.6 Å². The molecule has 0 aliphatic heterocycles. The van der Waals surface area contributed by atoms with E-state index in [1.54, 1.807) is 18.2 Å². The highest BCUT2D eigenvalue weighted by molar-refractivity contribution is 6.17. The third-order valence-corrected chi connectivity index (χ3v) is 1.43. The number of halogens is 1. The summed E-state index contributed by atoms with van der Waals surface area (Å²) in [4.78, 5) is 14.6. The van der Waals surface area contributed by atoms with E-state index in [0.29, 0.717) is 12.3 Å². The molecule has 58 valence electrons. The molecule has 0 unspecified atom stereocenters. The minimum Gasteiger partial charge on any atom is -0.267 e. The molecule has 0 saturated heterocycles. The summed E-state index contributed by atoms with van der Waals surface area (Å²) in [5, 5.41) is 0.